The van der Waals surface area contributed by atoms with Gasteiger partial charge in [-0.05, 0) is 61.1 Å². The summed E-state index contributed by atoms with van der Waals surface area (Å²) in [6.45, 7) is 1.75. The normalized spacial score (nSPS) is 15.1. The summed E-state index contributed by atoms with van der Waals surface area (Å²) in [4.78, 5) is 39.1. The fraction of sp³-hybridized carbons (Fsp3) is 0.0833. The highest BCUT2D eigenvalue weighted by Crippen LogP contribution is 2.31. The van der Waals surface area contributed by atoms with Crippen LogP contribution in [-0.4, -0.2) is 30.0 Å². The fourth-order valence-electron chi connectivity index (χ4n) is 3.42. The topological polar surface area (TPSA) is 88.9 Å². The lowest BCUT2D eigenvalue weighted by Gasteiger charge is -2.30. The minimum absolute atomic E-state index is 0.0420. The summed E-state index contributed by atoms with van der Waals surface area (Å²) in [6, 6.07) is 15.1. The maximum atomic E-state index is 13.2. The van der Waals surface area contributed by atoms with Gasteiger partial charge in [0.05, 0.1) is 18.4 Å². The van der Waals surface area contributed by atoms with Crippen molar-refractivity contribution in [1.29, 1.82) is 0 Å². The first-order valence-corrected chi connectivity index (χ1v) is 10.5. The molecule has 0 bridgehead atoms. The molecule has 1 saturated heterocycles. The molecule has 0 unspecified atom stereocenters. The van der Waals surface area contributed by atoms with E-state index in [0.717, 1.165) is 0 Å². The molecule has 3 aromatic rings. The Balaban J connectivity index is 1.71. The number of hydrogen-bond acceptors (Lipinski definition) is 6. The monoisotopic (exact) mass is 480 g/mol. The molecule has 2 amide bonds. The van der Waals surface area contributed by atoms with Gasteiger partial charge >= 0.3 is 5.97 Å². The molecule has 1 aliphatic rings. The summed E-state index contributed by atoms with van der Waals surface area (Å²) in [5.74, 6) is -1.14. The Morgan fingerprint density at radius 3 is 2.64 bits per heavy atom. The number of methoxy groups -OCH3 is 1. The minimum Gasteiger partial charge on any atom is -0.465 e. The lowest BCUT2D eigenvalue weighted by molar-refractivity contribution is -0.122. The van der Waals surface area contributed by atoms with E-state index < -0.39 is 17.8 Å². The summed E-state index contributed by atoms with van der Waals surface area (Å²) in [5, 5.41) is 2.95. The molecule has 1 N–H and O–H groups in total. The molecular formula is C24H17ClN2O5S. The van der Waals surface area contributed by atoms with Crippen molar-refractivity contribution in [2.45, 2.75) is 6.92 Å². The van der Waals surface area contributed by atoms with Crippen LogP contribution < -0.4 is 10.2 Å². The number of anilines is 1. The first kappa shape index (κ1) is 22.4. The largest absolute Gasteiger partial charge is 0.465 e. The van der Waals surface area contributed by atoms with Gasteiger partial charge in [0.15, 0.2) is 5.11 Å². The van der Waals surface area contributed by atoms with Gasteiger partial charge in [0.25, 0.3) is 11.8 Å². The van der Waals surface area contributed by atoms with E-state index in [1.54, 1.807) is 61.5 Å². The van der Waals surface area contributed by atoms with E-state index in [-0.39, 0.29) is 16.4 Å². The minimum atomic E-state index is -0.645. The number of esters is 1. The molecule has 33 heavy (non-hydrogen) atoms. The highest BCUT2D eigenvalue weighted by atomic mass is 35.5. The highest BCUT2D eigenvalue weighted by Gasteiger charge is 2.35. The number of thiocarbonyl (C=S) groups is 1. The molecular weight excluding hydrogens is 464 g/mol. The number of furan rings is 1. The first-order valence-electron chi connectivity index (χ1n) is 9.76. The van der Waals surface area contributed by atoms with E-state index in [1.165, 1.54) is 18.1 Å². The molecule has 2 aromatic carbocycles. The van der Waals surface area contributed by atoms with Crippen LogP contribution in [0.2, 0.25) is 5.02 Å². The number of hydrogen-bond donors (Lipinski definition) is 1. The van der Waals surface area contributed by atoms with Crippen molar-refractivity contribution in [3.63, 3.8) is 0 Å². The number of carbonyl (C=O) groups excluding carboxylic acids is 3. The van der Waals surface area contributed by atoms with Gasteiger partial charge in [-0.25, -0.2) is 4.79 Å². The van der Waals surface area contributed by atoms with Gasteiger partial charge < -0.3 is 9.15 Å². The number of carbonyl (C=O) groups is 3. The summed E-state index contributed by atoms with van der Waals surface area (Å²) < 4.78 is 10.6. The van der Waals surface area contributed by atoms with Gasteiger partial charge in [0, 0.05) is 10.6 Å². The van der Waals surface area contributed by atoms with Crippen LogP contribution in [0.1, 0.15) is 21.7 Å². The molecule has 0 radical (unpaired) electrons. The molecule has 4 rings (SSSR count). The Morgan fingerprint density at radius 1 is 1.12 bits per heavy atom. The van der Waals surface area contributed by atoms with Crippen molar-refractivity contribution in [1.82, 2.24) is 5.32 Å². The van der Waals surface area contributed by atoms with E-state index in [2.05, 4.69) is 5.32 Å². The molecule has 9 heteroatoms. The Kier molecular flexibility index (Phi) is 6.13. The maximum Gasteiger partial charge on any atom is 0.338 e. The summed E-state index contributed by atoms with van der Waals surface area (Å²) in [7, 11) is 1.29. The van der Waals surface area contributed by atoms with Crippen LogP contribution in [0.4, 0.5) is 5.69 Å². The highest BCUT2D eigenvalue weighted by molar-refractivity contribution is 7.80. The first-order chi connectivity index (χ1) is 15.8. The summed E-state index contributed by atoms with van der Waals surface area (Å²) in [6.07, 6.45) is 1.33. The van der Waals surface area contributed by atoms with E-state index in [1.807, 2.05) is 0 Å². The molecule has 7 nitrogen and oxygen atoms in total. The molecule has 2 heterocycles. The third kappa shape index (κ3) is 4.18. The van der Waals surface area contributed by atoms with Crippen molar-refractivity contribution in [2.75, 3.05) is 12.0 Å². The second-order valence-corrected chi connectivity index (χ2v) is 7.87. The number of ether oxygens (including phenoxy) is 1. The van der Waals surface area contributed by atoms with Gasteiger partial charge in [-0.3, -0.25) is 19.8 Å². The van der Waals surface area contributed by atoms with Crippen LogP contribution in [0.5, 0.6) is 0 Å². The standard InChI is InChI=1S/C24H17ClN2O5S/c1-13-18(25)8-5-9-19(13)27-22(29)17(21(28)26-24(27)33)12-14-10-11-20(32-14)15-6-3-4-7-16(15)23(30)31-2/h3-12H,1-2H3,(H,26,28,33)/b17-12+. The smallest absolute Gasteiger partial charge is 0.338 e. The fourth-order valence-corrected chi connectivity index (χ4v) is 3.86. The molecule has 166 valence electrons. The summed E-state index contributed by atoms with van der Waals surface area (Å²) in [5.41, 5.74) is 1.80. The Hall–Kier alpha value is -3.75. The third-order valence-electron chi connectivity index (χ3n) is 5.09. The SMILES string of the molecule is COC(=O)c1ccccc1-c1ccc(/C=C2\C(=O)NC(=S)N(c3cccc(Cl)c3C)C2=O)o1. The van der Waals surface area contributed by atoms with E-state index >= 15 is 0 Å². The molecule has 1 aromatic heterocycles. The van der Waals surface area contributed by atoms with Crippen molar-refractivity contribution in [2.24, 2.45) is 0 Å². The van der Waals surface area contributed by atoms with Crippen molar-refractivity contribution in [3.05, 3.63) is 82.1 Å². The van der Waals surface area contributed by atoms with Crippen molar-refractivity contribution >= 4 is 58.5 Å². The van der Waals surface area contributed by atoms with E-state index in [0.29, 0.717) is 33.2 Å². The Morgan fingerprint density at radius 2 is 1.88 bits per heavy atom. The van der Waals surface area contributed by atoms with Crippen LogP contribution in [0.3, 0.4) is 0 Å². The number of amides is 2. The molecule has 0 saturated carbocycles. The van der Waals surface area contributed by atoms with Crippen LogP contribution >= 0.6 is 23.8 Å². The average molecular weight is 481 g/mol. The number of nitrogens with zero attached hydrogens (tertiary/aromatic N) is 1. The number of halogens is 1. The van der Waals surface area contributed by atoms with E-state index in [4.69, 9.17) is 33.0 Å². The zero-order chi connectivity index (χ0) is 23.7. The number of nitrogens with one attached hydrogen (secondary N) is 1. The molecule has 0 spiro atoms. The second kappa shape index (κ2) is 9.01. The van der Waals surface area contributed by atoms with Gasteiger partial charge in [-0.15, -0.1) is 0 Å². The Labute approximate surface area is 199 Å². The Bertz CT molecular complexity index is 1340. The van der Waals surface area contributed by atoms with Gasteiger partial charge in [0.1, 0.15) is 17.1 Å². The molecule has 0 atom stereocenters. The predicted octanol–water partition coefficient (Wildman–Crippen LogP) is 4.53. The van der Waals surface area contributed by atoms with Gasteiger partial charge in [0.2, 0.25) is 0 Å². The maximum absolute atomic E-state index is 13.2. The molecule has 0 aliphatic carbocycles. The quantitative estimate of drug-likeness (QED) is 0.255. The predicted molar refractivity (Wildman–Crippen MR) is 128 cm³/mol. The summed E-state index contributed by atoms with van der Waals surface area (Å²) >= 11 is 11.4. The third-order valence-corrected chi connectivity index (χ3v) is 5.79. The van der Waals surface area contributed by atoms with Crippen LogP contribution in [0, 0.1) is 6.92 Å². The zero-order valence-electron chi connectivity index (χ0n) is 17.5. The average Bonchev–Trinajstić information content (AvgIpc) is 3.27. The molecule has 1 aliphatic heterocycles. The van der Waals surface area contributed by atoms with Gasteiger partial charge in [-0.2, -0.15) is 0 Å². The van der Waals surface area contributed by atoms with Crippen molar-refractivity contribution < 1.29 is 23.5 Å². The molecule has 1 fully saturated rings. The second-order valence-electron chi connectivity index (χ2n) is 7.08. The lowest BCUT2D eigenvalue weighted by Crippen LogP contribution is -2.54. The van der Waals surface area contributed by atoms with Crippen LogP contribution in [0.15, 0.2) is 64.6 Å². The van der Waals surface area contributed by atoms with E-state index in [9.17, 15) is 14.4 Å². The number of benzene rings is 2. The van der Waals surface area contributed by atoms with Crippen molar-refractivity contribution in [3.8, 4) is 11.3 Å². The zero-order valence-corrected chi connectivity index (χ0v) is 19.1. The van der Waals surface area contributed by atoms with Crippen LogP contribution in [-0.2, 0) is 14.3 Å². The number of rotatable bonds is 4. The van der Waals surface area contributed by atoms with Gasteiger partial charge in [-0.1, -0.05) is 35.9 Å². The lowest BCUT2D eigenvalue weighted by atomic mass is 10.1. The van der Waals surface area contributed by atoms with Crippen LogP contribution in [0.25, 0.3) is 17.4 Å².